The second kappa shape index (κ2) is 17.2. The summed E-state index contributed by atoms with van der Waals surface area (Å²) in [5.74, 6) is 0. The van der Waals surface area contributed by atoms with Crippen LogP contribution < -0.4 is 0 Å². The second-order valence-corrected chi connectivity index (χ2v) is 16.4. The summed E-state index contributed by atoms with van der Waals surface area (Å²) < 4.78 is 0. The molecular weight excluding hydrogens is 468 g/mol. The van der Waals surface area contributed by atoms with Crippen LogP contribution in [0.5, 0.6) is 0 Å². The Balaban J connectivity index is -0.000000183. The molecular formula is C28H56N4SiTi. The Bertz CT molecular complexity index is 601. The number of hydrogen-bond acceptors (Lipinski definition) is 0. The molecule has 0 aromatic heterocycles. The minimum atomic E-state index is -0.586. The third kappa shape index (κ3) is 41.9. The molecule has 196 valence electrons. The summed E-state index contributed by atoms with van der Waals surface area (Å²) in [4.78, 5) is 0. The Hall–Kier alpha value is -0.269. The smallest absolute Gasteiger partial charge is 0.673 e. The van der Waals surface area contributed by atoms with Crippen LogP contribution >= 0.6 is 0 Å². The van der Waals surface area contributed by atoms with Crippen molar-refractivity contribution >= 4 is 14.9 Å². The molecule has 0 radical (unpaired) electrons. The summed E-state index contributed by atoms with van der Waals surface area (Å²) in [6, 6.07) is 8.82. The summed E-state index contributed by atoms with van der Waals surface area (Å²) in [5.41, 5.74) is 32.1. The van der Waals surface area contributed by atoms with Crippen LogP contribution in [0.2, 0.25) is 13.1 Å². The summed E-state index contributed by atoms with van der Waals surface area (Å²) in [6.45, 7) is 29.4. The van der Waals surface area contributed by atoms with Crippen molar-refractivity contribution in [3.8, 4) is 0 Å². The van der Waals surface area contributed by atoms with Crippen molar-refractivity contribution in [1.82, 2.24) is 0 Å². The fraction of sp³-hybridized carbons (Fsp3) is 0.714. The van der Waals surface area contributed by atoms with Gasteiger partial charge in [0.05, 0.1) is 0 Å². The van der Waals surface area contributed by atoms with Gasteiger partial charge in [0.2, 0.25) is 0 Å². The van der Waals surface area contributed by atoms with Crippen LogP contribution in [0, 0.1) is 0 Å². The monoisotopic (exact) mass is 524 g/mol. The maximum absolute atomic E-state index is 6.94. The molecule has 0 fully saturated rings. The van der Waals surface area contributed by atoms with Crippen LogP contribution in [-0.4, -0.2) is 31.0 Å². The van der Waals surface area contributed by atoms with E-state index >= 15 is 0 Å². The molecule has 6 heteroatoms. The molecule has 4 N–H and O–H groups in total. The van der Waals surface area contributed by atoms with Crippen molar-refractivity contribution in [3.63, 3.8) is 0 Å². The van der Waals surface area contributed by atoms with E-state index in [4.69, 9.17) is 22.9 Å². The zero-order chi connectivity index (χ0) is 27.4. The first-order valence-corrected chi connectivity index (χ1v) is 14.9. The summed E-state index contributed by atoms with van der Waals surface area (Å²) >= 11 is 0. The molecule has 0 saturated heterocycles. The van der Waals surface area contributed by atoms with E-state index in [0.717, 1.165) is 5.54 Å². The first kappa shape index (κ1) is 40.9. The van der Waals surface area contributed by atoms with Crippen molar-refractivity contribution in [2.24, 2.45) is 0 Å². The third-order valence-electron chi connectivity index (χ3n) is 2.87. The standard InChI is InChI=1S/C12H16Si.4C4H10N.Ti/c1-9-8-10-6-4-5-7-11(10)12(9)13(2)3;4*1-4(2,3)5;/h4-8,12-13H,1-3H3;4*5H,1-3H3;/q;4*-1;+4. The third-order valence-corrected chi connectivity index (χ3v) is 5.09. The van der Waals surface area contributed by atoms with E-state index in [9.17, 15) is 0 Å². The van der Waals surface area contributed by atoms with Crippen LogP contribution in [0.15, 0.2) is 29.8 Å². The SMILES string of the molecule is CC(C)(C)[NH-].CC(C)(C)[NH-].CC(C)(C)[NH-].CC(C)(C)[NH-].CC1=Cc2ccccc2C1[SiH](C)C.[Ti+4]. The summed E-state index contributed by atoms with van der Waals surface area (Å²) in [5, 5.41) is 0. The van der Waals surface area contributed by atoms with Gasteiger partial charge in [-0.05, 0) is 23.6 Å². The van der Waals surface area contributed by atoms with Crippen LogP contribution in [0.3, 0.4) is 0 Å². The van der Waals surface area contributed by atoms with Gasteiger partial charge >= 0.3 is 21.7 Å². The maximum atomic E-state index is 6.94. The van der Waals surface area contributed by atoms with Gasteiger partial charge in [0.1, 0.15) is 0 Å². The van der Waals surface area contributed by atoms with Gasteiger partial charge in [-0.15, -0.1) is 22.2 Å². The summed E-state index contributed by atoms with van der Waals surface area (Å²) in [6.07, 6.45) is 2.35. The van der Waals surface area contributed by atoms with Crippen molar-refractivity contribution in [2.75, 3.05) is 0 Å². The van der Waals surface area contributed by atoms with Gasteiger partial charge in [0, 0.05) is 8.80 Å². The van der Waals surface area contributed by atoms with Crippen molar-refractivity contribution < 1.29 is 21.7 Å². The van der Waals surface area contributed by atoms with Gasteiger partial charge in [0.25, 0.3) is 0 Å². The van der Waals surface area contributed by atoms with Crippen LogP contribution in [-0.2, 0) is 21.7 Å². The minimum absolute atomic E-state index is 0. The normalized spacial score (nSPS) is 14.8. The Kier molecular flexibility index (Phi) is 20.7. The summed E-state index contributed by atoms with van der Waals surface area (Å²) in [7, 11) is -0.586. The predicted octanol–water partition coefficient (Wildman–Crippen LogP) is 10.6. The zero-order valence-corrected chi connectivity index (χ0v) is 27.8. The molecule has 1 atom stereocenters. The second-order valence-electron chi connectivity index (χ2n) is 13.2. The number of benzene rings is 1. The minimum Gasteiger partial charge on any atom is -0.673 e. The molecule has 0 saturated carbocycles. The average molecular weight is 525 g/mol. The number of fused-ring (bicyclic) bond motifs is 1. The maximum Gasteiger partial charge on any atom is 4.00 e. The molecule has 34 heavy (non-hydrogen) atoms. The van der Waals surface area contributed by atoms with Gasteiger partial charge in [-0.3, -0.25) is 0 Å². The van der Waals surface area contributed by atoms with Crippen LogP contribution in [0.4, 0.5) is 0 Å². The van der Waals surface area contributed by atoms with Gasteiger partial charge < -0.3 is 22.9 Å². The molecule has 1 unspecified atom stereocenters. The Morgan fingerprint density at radius 2 is 0.882 bits per heavy atom. The number of nitrogens with one attached hydrogen (secondary N) is 4. The van der Waals surface area contributed by atoms with E-state index in [1.807, 2.05) is 83.1 Å². The van der Waals surface area contributed by atoms with E-state index in [-0.39, 0.29) is 43.9 Å². The molecule has 1 aliphatic carbocycles. The molecule has 1 aromatic rings. The zero-order valence-electron chi connectivity index (χ0n) is 25.0. The van der Waals surface area contributed by atoms with Crippen molar-refractivity contribution in [3.05, 3.63) is 63.9 Å². The van der Waals surface area contributed by atoms with Crippen molar-refractivity contribution in [2.45, 2.75) is 131 Å². The van der Waals surface area contributed by atoms with Crippen LogP contribution in [0.1, 0.15) is 107 Å². The number of rotatable bonds is 1. The Labute approximate surface area is 230 Å². The molecule has 1 aromatic carbocycles. The molecule has 0 amide bonds. The van der Waals surface area contributed by atoms with E-state index in [1.165, 1.54) is 5.56 Å². The first-order chi connectivity index (χ1) is 14.2. The van der Waals surface area contributed by atoms with Gasteiger partial charge in [-0.1, -0.05) is 132 Å². The molecule has 0 spiro atoms. The number of hydrogen-bond donors (Lipinski definition) is 0. The van der Waals surface area contributed by atoms with E-state index in [2.05, 4.69) is 50.4 Å². The van der Waals surface area contributed by atoms with Crippen LogP contribution in [0.25, 0.3) is 29.0 Å². The first-order valence-electron chi connectivity index (χ1n) is 12.0. The quantitative estimate of drug-likeness (QED) is 0.327. The van der Waals surface area contributed by atoms with E-state index < -0.39 is 8.80 Å². The van der Waals surface area contributed by atoms with E-state index in [1.54, 1.807) is 11.1 Å². The topological polar surface area (TPSA) is 95.2 Å². The molecule has 2 rings (SSSR count). The Morgan fingerprint density at radius 1 is 0.618 bits per heavy atom. The van der Waals surface area contributed by atoms with Gasteiger partial charge in [-0.25, -0.2) is 0 Å². The molecule has 4 nitrogen and oxygen atoms in total. The average Bonchev–Trinajstić information content (AvgIpc) is 2.75. The fourth-order valence-electron chi connectivity index (χ4n) is 2.39. The molecule has 0 aliphatic heterocycles. The molecule has 0 bridgehead atoms. The molecule has 1 aliphatic rings. The molecule has 0 heterocycles. The van der Waals surface area contributed by atoms with Crippen molar-refractivity contribution in [1.29, 1.82) is 0 Å². The number of allylic oxidation sites excluding steroid dienone is 1. The fourth-order valence-corrected chi connectivity index (χ4v) is 4.56. The predicted molar refractivity (Wildman–Crippen MR) is 158 cm³/mol. The van der Waals surface area contributed by atoms with E-state index in [0.29, 0.717) is 0 Å². The largest absolute Gasteiger partial charge is 4.00 e. The van der Waals surface area contributed by atoms with Gasteiger partial charge in [0.15, 0.2) is 0 Å². The Morgan fingerprint density at radius 3 is 1.15 bits per heavy atom. The van der Waals surface area contributed by atoms with Gasteiger partial charge in [-0.2, -0.15) is 0 Å².